The monoisotopic (exact) mass is 314 g/mol. The van der Waals surface area contributed by atoms with Crippen LogP contribution in [0.4, 0.5) is 0 Å². The molecule has 5 heteroatoms. The molecule has 112 valence electrons. The Morgan fingerprint density at radius 3 is 2.40 bits per heavy atom. The molecule has 1 aromatic rings. The second kappa shape index (κ2) is 5.39. The van der Waals surface area contributed by atoms with Crippen molar-refractivity contribution in [2.24, 2.45) is 5.92 Å². The SMILES string of the molecule is CN(S(=O)C(C)(C)C)C(C)(c1ccnc(Cl)c1)C1CC1. The van der Waals surface area contributed by atoms with Gasteiger partial charge in [-0.25, -0.2) is 13.5 Å². The fraction of sp³-hybridized carbons (Fsp3) is 0.667. The first-order valence-electron chi connectivity index (χ1n) is 6.95. The molecule has 2 atom stereocenters. The average Bonchev–Trinajstić information content (AvgIpc) is 3.19. The van der Waals surface area contributed by atoms with E-state index in [1.807, 2.05) is 44.3 Å². The largest absolute Gasteiger partial charge is 0.245 e. The standard InChI is InChI=1S/C15H23ClN2OS/c1-14(2,3)20(19)18(5)15(4,11-6-7-11)12-8-9-17-13(16)10-12/h8-11H,6-7H2,1-5H3. The van der Waals surface area contributed by atoms with Crippen LogP contribution in [0.1, 0.15) is 46.1 Å². The molecule has 0 N–H and O–H groups in total. The first-order valence-corrected chi connectivity index (χ1v) is 8.43. The molecular weight excluding hydrogens is 292 g/mol. The summed E-state index contributed by atoms with van der Waals surface area (Å²) in [6.45, 7) is 8.19. The molecule has 0 aliphatic heterocycles. The number of nitrogens with zero attached hydrogens (tertiary/aromatic N) is 2. The number of aromatic nitrogens is 1. The van der Waals surface area contributed by atoms with E-state index < -0.39 is 11.0 Å². The quantitative estimate of drug-likeness (QED) is 0.793. The van der Waals surface area contributed by atoms with Crippen molar-refractivity contribution in [3.8, 4) is 0 Å². The van der Waals surface area contributed by atoms with E-state index in [-0.39, 0.29) is 10.3 Å². The summed E-state index contributed by atoms with van der Waals surface area (Å²) in [6.07, 6.45) is 4.07. The summed E-state index contributed by atoms with van der Waals surface area (Å²) < 4.78 is 14.5. The summed E-state index contributed by atoms with van der Waals surface area (Å²) >= 11 is 6.04. The summed E-state index contributed by atoms with van der Waals surface area (Å²) in [7, 11) is 0.883. The molecule has 1 aliphatic rings. The van der Waals surface area contributed by atoms with E-state index >= 15 is 0 Å². The molecule has 20 heavy (non-hydrogen) atoms. The summed E-state index contributed by atoms with van der Waals surface area (Å²) in [5, 5.41) is 0.490. The Labute approximate surface area is 129 Å². The number of halogens is 1. The molecule has 1 aromatic heterocycles. The maximum atomic E-state index is 12.8. The van der Waals surface area contributed by atoms with Gasteiger partial charge in [-0.15, -0.1) is 0 Å². The van der Waals surface area contributed by atoms with Gasteiger partial charge in [0, 0.05) is 13.2 Å². The lowest BCUT2D eigenvalue weighted by Gasteiger charge is -2.41. The highest BCUT2D eigenvalue weighted by Crippen LogP contribution is 2.50. The Balaban J connectivity index is 2.42. The Kier molecular flexibility index (Phi) is 4.30. The fourth-order valence-corrected chi connectivity index (χ4v) is 4.21. The second-order valence-electron chi connectivity index (χ2n) is 6.65. The van der Waals surface area contributed by atoms with Crippen molar-refractivity contribution >= 4 is 22.6 Å². The molecule has 1 fully saturated rings. The minimum absolute atomic E-state index is 0.259. The molecule has 0 bridgehead atoms. The molecule has 0 spiro atoms. The minimum atomic E-state index is -1.07. The molecule has 1 saturated carbocycles. The van der Waals surface area contributed by atoms with Crippen LogP contribution < -0.4 is 0 Å². The Morgan fingerprint density at radius 1 is 1.35 bits per heavy atom. The van der Waals surface area contributed by atoms with Crippen molar-refractivity contribution in [1.29, 1.82) is 0 Å². The van der Waals surface area contributed by atoms with E-state index in [0.717, 1.165) is 5.56 Å². The summed E-state index contributed by atoms with van der Waals surface area (Å²) in [4.78, 5) is 4.06. The van der Waals surface area contributed by atoms with Gasteiger partial charge in [-0.3, -0.25) is 0 Å². The summed E-state index contributed by atoms with van der Waals surface area (Å²) in [6, 6.07) is 3.89. The number of pyridine rings is 1. The van der Waals surface area contributed by atoms with Gasteiger partial charge in [-0.2, -0.15) is 0 Å². The molecule has 0 radical (unpaired) electrons. The van der Waals surface area contributed by atoms with Gasteiger partial charge in [-0.1, -0.05) is 11.6 Å². The molecule has 2 rings (SSSR count). The van der Waals surface area contributed by atoms with Gasteiger partial charge in [0.25, 0.3) is 0 Å². The van der Waals surface area contributed by atoms with Gasteiger partial charge in [0.15, 0.2) is 0 Å². The summed E-state index contributed by atoms with van der Waals surface area (Å²) in [5.74, 6) is 0.525. The molecular formula is C15H23ClN2OS. The Hall–Kier alpha value is -0.450. The smallest absolute Gasteiger partial charge is 0.129 e. The molecule has 1 heterocycles. The lowest BCUT2D eigenvalue weighted by atomic mass is 9.88. The number of hydrogen-bond donors (Lipinski definition) is 0. The normalized spacial score (nSPS) is 20.8. The lowest BCUT2D eigenvalue weighted by molar-refractivity contribution is 0.214. The van der Waals surface area contributed by atoms with Crippen LogP contribution in [0.2, 0.25) is 5.15 Å². The van der Waals surface area contributed by atoms with Crippen LogP contribution in [0.25, 0.3) is 0 Å². The summed E-state index contributed by atoms with van der Waals surface area (Å²) in [5.41, 5.74) is 0.838. The number of rotatable bonds is 4. The van der Waals surface area contributed by atoms with Crippen LogP contribution in [0.5, 0.6) is 0 Å². The minimum Gasteiger partial charge on any atom is -0.245 e. The van der Waals surface area contributed by atoms with Gasteiger partial charge in [0.2, 0.25) is 0 Å². The van der Waals surface area contributed by atoms with Crippen molar-refractivity contribution in [2.45, 2.75) is 50.8 Å². The van der Waals surface area contributed by atoms with Crippen molar-refractivity contribution in [1.82, 2.24) is 9.29 Å². The van der Waals surface area contributed by atoms with E-state index in [4.69, 9.17) is 11.6 Å². The zero-order chi connectivity index (χ0) is 15.1. The van der Waals surface area contributed by atoms with Crippen LogP contribution in [0.15, 0.2) is 18.3 Å². The molecule has 3 nitrogen and oxygen atoms in total. The highest BCUT2D eigenvalue weighted by molar-refractivity contribution is 7.84. The first-order chi connectivity index (χ1) is 9.17. The third-order valence-electron chi connectivity index (χ3n) is 4.11. The fourth-order valence-electron chi connectivity index (χ4n) is 2.62. The second-order valence-corrected chi connectivity index (χ2v) is 9.31. The van der Waals surface area contributed by atoms with E-state index in [9.17, 15) is 4.21 Å². The van der Waals surface area contributed by atoms with Crippen LogP contribution >= 0.6 is 11.6 Å². The van der Waals surface area contributed by atoms with Crippen molar-refractivity contribution < 1.29 is 4.21 Å². The molecule has 0 aromatic carbocycles. The zero-order valence-corrected chi connectivity index (χ0v) is 14.4. The van der Waals surface area contributed by atoms with Crippen molar-refractivity contribution in [2.75, 3.05) is 7.05 Å². The number of hydrogen-bond acceptors (Lipinski definition) is 2. The van der Waals surface area contributed by atoms with Crippen LogP contribution in [-0.2, 0) is 16.5 Å². The third kappa shape index (κ3) is 2.92. The Morgan fingerprint density at radius 2 is 1.95 bits per heavy atom. The van der Waals surface area contributed by atoms with Crippen LogP contribution in [0, 0.1) is 5.92 Å². The lowest BCUT2D eigenvalue weighted by Crippen LogP contribution is -2.48. The van der Waals surface area contributed by atoms with E-state index in [2.05, 4.69) is 11.9 Å². The van der Waals surface area contributed by atoms with Gasteiger partial charge in [0.05, 0.1) is 10.3 Å². The maximum Gasteiger partial charge on any atom is 0.129 e. The zero-order valence-electron chi connectivity index (χ0n) is 12.8. The molecule has 0 saturated heterocycles. The topological polar surface area (TPSA) is 33.2 Å². The van der Waals surface area contributed by atoms with Gasteiger partial charge >= 0.3 is 0 Å². The van der Waals surface area contributed by atoms with Crippen molar-refractivity contribution in [3.05, 3.63) is 29.0 Å². The van der Waals surface area contributed by atoms with E-state index in [0.29, 0.717) is 11.1 Å². The van der Waals surface area contributed by atoms with Gasteiger partial charge < -0.3 is 0 Å². The average molecular weight is 315 g/mol. The maximum absolute atomic E-state index is 12.8. The van der Waals surface area contributed by atoms with Gasteiger partial charge in [-0.05, 0) is 64.2 Å². The molecule has 0 amide bonds. The Bertz CT molecular complexity index is 525. The van der Waals surface area contributed by atoms with E-state index in [1.54, 1.807) is 6.20 Å². The highest BCUT2D eigenvalue weighted by atomic mass is 35.5. The van der Waals surface area contributed by atoms with Gasteiger partial charge in [0.1, 0.15) is 16.1 Å². The molecule has 1 aliphatic carbocycles. The van der Waals surface area contributed by atoms with Crippen LogP contribution in [-0.4, -0.2) is 25.3 Å². The molecule has 2 unspecified atom stereocenters. The predicted octanol–water partition coefficient (Wildman–Crippen LogP) is 3.75. The van der Waals surface area contributed by atoms with E-state index in [1.165, 1.54) is 12.8 Å². The first kappa shape index (κ1) is 15.9. The van der Waals surface area contributed by atoms with Crippen molar-refractivity contribution in [3.63, 3.8) is 0 Å². The highest BCUT2D eigenvalue weighted by Gasteiger charge is 2.49. The third-order valence-corrected chi connectivity index (χ3v) is 6.24. The van der Waals surface area contributed by atoms with Crippen LogP contribution in [0.3, 0.4) is 0 Å². The predicted molar refractivity (Wildman–Crippen MR) is 85.0 cm³/mol.